The molecule has 116 valence electrons. The molecule has 0 aliphatic rings. The molecule has 0 aromatic heterocycles. The maximum absolute atomic E-state index is 13.4. The van der Waals surface area contributed by atoms with Crippen molar-refractivity contribution >= 4 is 29.3 Å². The van der Waals surface area contributed by atoms with Crippen molar-refractivity contribution in [2.45, 2.75) is 11.0 Å². The monoisotopic (exact) mass is 339 g/mol. The average molecular weight is 340 g/mol. The van der Waals surface area contributed by atoms with Crippen molar-refractivity contribution < 1.29 is 14.3 Å². The summed E-state index contributed by atoms with van der Waals surface area (Å²) in [6.07, 6.45) is 0.884. The molecule has 22 heavy (non-hydrogen) atoms. The van der Waals surface area contributed by atoms with E-state index in [-0.39, 0.29) is 17.5 Å². The standard InChI is InChI=1S/C16H15ClFNO2S/c1-22-15-5-3-2-4-11(15)16(21)19-9-14(20)10-6-7-12(17)13(18)8-10/h2-8,14,20H,9H2,1H3,(H,19,21). The van der Waals surface area contributed by atoms with Crippen molar-refractivity contribution in [3.63, 3.8) is 0 Å². The second kappa shape index (κ2) is 7.63. The Hall–Kier alpha value is -1.56. The maximum Gasteiger partial charge on any atom is 0.252 e. The van der Waals surface area contributed by atoms with Gasteiger partial charge in [-0.15, -0.1) is 11.8 Å². The van der Waals surface area contributed by atoms with E-state index < -0.39 is 11.9 Å². The van der Waals surface area contributed by atoms with E-state index >= 15 is 0 Å². The highest BCUT2D eigenvalue weighted by Gasteiger charge is 2.14. The molecule has 6 heteroatoms. The van der Waals surface area contributed by atoms with Crippen LogP contribution in [0, 0.1) is 5.82 Å². The number of amides is 1. The lowest BCUT2D eigenvalue weighted by molar-refractivity contribution is 0.0913. The molecular weight excluding hydrogens is 325 g/mol. The van der Waals surface area contributed by atoms with Gasteiger partial charge in [-0.25, -0.2) is 4.39 Å². The Labute approximate surface area is 137 Å². The summed E-state index contributed by atoms with van der Waals surface area (Å²) in [5.74, 6) is -0.879. The van der Waals surface area contributed by atoms with Crippen molar-refractivity contribution in [3.8, 4) is 0 Å². The van der Waals surface area contributed by atoms with Crippen molar-refractivity contribution in [1.29, 1.82) is 0 Å². The van der Waals surface area contributed by atoms with Crippen molar-refractivity contribution in [3.05, 3.63) is 64.4 Å². The summed E-state index contributed by atoms with van der Waals surface area (Å²) in [4.78, 5) is 13.0. The van der Waals surface area contributed by atoms with Gasteiger partial charge < -0.3 is 10.4 Å². The van der Waals surface area contributed by atoms with Crippen LogP contribution in [0.5, 0.6) is 0 Å². The number of hydrogen-bond acceptors (Lipinski definition) is 3. The molecule has 3 nitrogen and oxygen atoms in total. The van der Waals surface area contributed by atoms with E-state index in [4.69, 9.17) is 11.6 Å². The fourth-order valence-corrected chi connectivity index (χ4v) is 2.67. The summed E-state index contributed by atoms with van der Waals surface area (Å²) in [6.45, 7) is -0.0113. The van der Waals surface area contributed by atoms with Crippen molar-refractivity contribution in [2.24, 2.45) is 0 Å². The summed E-state index contributed by atoms with van der Waals surface area (Å²) >= 11 is 7.07. The minimum Gasteiger partial charge on any atom is -0.387 e. The first-order valence-corrected chi connectivity index (χ1v) is 8.17. The molecule has 0 radical (unpaired) electrons. The Morgan fingerprint density at radius 1 is 1.36 bits per heavy atom. The molecule has 2 rings (SSSR count). The lowest BCUT2D eigenvalue weighted by Crippen LogP contribution is -2.28. The third kappa shape index (κ3) is 4.00. The average Bonchev–Trinajstić information content (AvgIpc) is 2.54. The lowest BCUT2D eigenvalue weighted by atomic mass is 10.1. The number of carbonyl (C=O) groups excluding carboxylic acids is 1. The molecule has 1 atom stereocenters. The smallest absolute Gasteiger partial charge is 0.252 e. The molecule has 2 aromatic carbocycles. The van der Waals surface area contributed by atoms with Gasteiger partial charge in [-0.05, 0) is 36.1 Å². The van der Waals surface area contributed by atoms with E-state index in [1.807, 2.05) is 18.4 Å². The van der Waals surface area contributed by atoms with Crippen LogP contribution >= 0.6 is 23.4 Å². The molecule has 0 saturated heterocycles. The molecular formula is C16H15ClFNO2S. The molecule has 2 N–H and O–H groups in total. The molecule has 0 fully saturated rings. The summed E-state index contributed by atoms with van der Waals surface area (Å²) < 4.78 is 13.4. The molecule has 0 heterocycles. The maximum atomic E-state index is 13.4. The highest BCUT2D eigenvalue weighted by Crippen LogP contribution is 2.21. The first-order chi connectivity index (χ1) is 10.5. The highest BCUT2D eigenvalue weighted by molar-refractivity contribution is 7.98. The summed E-state index contributed by atoms with van der Waals surface area (Å²) in [6, 6.07) is 11.3. The van der Waals surface area contributed by atoms with Crippen molar-refractivity contribution in [2.75, 3.05) is 12.8 Å². The third-order valence-corrected chi connectivity index (χ3v) is 4.24. The molecule has 1 unspecified atom stereocenters. The van der Waals surface area contributed by atoms with Gasteiger partial charge in [0.2, 0.25) is 0 Å². The normalized spacial score (nSPS) is 12.0. The Balaban J connectivity index is 2.02. The number of carbonyl (C=O) groups is 1. The number of hydrogen-bond donors (Lipinski definition) is 2. The van der Waals surface area contributed by atoms with Crippen molar-refractivity contribution in [1.82, 2.24) is 5.32 Å². The fourth-order valence-electron chi connectivity index (χ4n) is 1.95. The lowest BCUT2D eigenvalue weighted by Gasteiger charge is -2.14. The first-order valence-electron chi connectivity index (χ1n) is 6.57. The topological polar surface area (TPSA) is 49.3 Å². The number of aliphatic hydroxyl groups is 1. The van der Waals surface area contributed by atoms with E-state index in [0.29, 0.717) is 11.1 Å². The molecule has 0 aliphatic heterocycles. The van der Waals surface area contributed by atoms with Gasteiger partial charge in [-0.1, -0.05) is 29.8 Å². The molecule has 1 amide bonds. The summed E-state index contributed by atoms with van der Waals surface area (Å²) in [5.41, 5.74) is 0.907. The van der Waals surface area contributed by atoms with Crippen LogP contribution in [-0.2, 0) is 0 Å². The largest absolute Gasteiger partial charge is 0.387 e. The van der Waals surface area contributed by atoms with Crippen LogP contribution < -0.4 is 5.32 Å². The first kappa shape index (κ1) is 16.8. The van der Waals surface area contributed by atoms with Crippen LogP contribution in [0.1, 0.15) is 22.0 Å². The number of benzene rings is 2. The minimum atomic E-state index is -1.00. The predicted molar refractivity (Wildman–Crippen MR) is 86.9 cm³/mol. The molecule has 0 spiro atoms. The van der Waals surface area contributed by atoms with Crippen LogP contribution in [0.3, 0.4) is 0 Å². The number of aliphatic hydroxyl groups excluding tert-OH is 1. The number of thioether (sulfide) groups is 1. The van der Waals surface area contributed by atoms with Gasteiger partial charge in [-0.3, -0.25) is 4.79 Å². The van der Waals surface area contributed by atoms with Crippen LogP contribution in [0.15, 0.2) is 47.4 Å². The Morgan fingerprint density at radius 3 is 2.77 bits per heavy atom. The van der Waals surface area contributed by atoms with Gasteiger partial charge in [0.05, 0.1) is 16.7 Å². The fraction of sp³-hybridized carbons (Fsp3) is 0.188. The minimum absolute atomic E-state index is 0.00566. The van der Waals surface area contributed by atoms with Crippen LogP contribution in [0.25, 0.3) is 0 Å². The zero-order valence-corrected chi connectivity index (χ0v) is 13.4. The van der Waals surface area contributed by atoms with Crippen LogP contribution in [-0.4, -0.2) is 23.8 Å². The highest BCUT2D eigenvalue weighted by atomic mass is 35.5. The zero-order chi connectivity index (χ0) is 16.1. The zero-order valence-electron chi connectivity index (χ0n) is 11.8. The van der Waals surface area contributed by atoms with E-state index in [1.54, 1.807) is 12.1 Å². The Morgan fingerprint density at radius 2 is 2.09 bits per heavy atom. The molecule has 2 aromatic rings. The number of halogens is 2. The van der Waals surface area contributed by atoms with E-state index in [9.17, 15) is 14.3 Å². The SMILES string of the molecule is CSc1ccccc1C(=O)NCC(O)c1ccc(Cl)c(F)c1. The van der Waals surface area contributed by atoms with Gasteiger partial charge in [0.15, 0.2) is 0 Å². The summed E-state index contributed by atoms with van der Waals surface area (Å²) in [5, 5.41) is 12.7. The number of nitrogens with one attached hydrogen (secondary N) is 1. The van der Waals surface area contributed by atoms with Crippen LogP contribution in [0.4, 0.5) is 4.39 Å². The summed E-state index contributed by atoms with van der Waals surface area (Å²) in [7, 11) is 0. The van der Waals surface area contributed by atoms with Gasteiger partial charge in [-0.2, -0.15) is 0 Å². The van der Waals surface area contributed by atoms with E-state index in [0.717, 1.165) is 11.0 Å². The second-order valence-electron chi connectivity index (χ2n) is 4.60. The molecule has 0 aliphatic carbocycles. The number of rotatable bonds is 5. The third-order valence-electron chi connectivity index (χ3n) is 3.14. The second-order valence-corrected chi connectivity index (χ2v) is 5.85. The van der Waals surface area contributed by atoms with Crippen LogP contribution in [0.2, 0.25) is 5.02 Å². The Bertz CT molecular complexity index is 681. The van der Waals surface area contributed by atoms with Gasteiger partial charge in [0, 0.05) is 11.4 Å². The van der Waals surface area contributed by atoms with Gasteiger partial charge in [0.1, 0.15) is 5.82 Å². The quantitative estimate of drug-likeness (QED) is 0.817. The predicted octanol–water partition coefficient (Wildman–Crippen LogP) is 3.66. The molecule has 0 bridgehead atoms. The Kier molecular flexibility index (Phi) is 5.83. The van der Waals surface area contributed by atoms with Gasteiger partial charge >= 0.3 is 0 Å². The van der Waals surface area contributed by atoms with E-state index in [2.05, 4.69) is 5.32 Å². The van der Waals surface area contributed by atoms with E-state index in [1.165, 1.54) is 23.9 Å². The molecule has 0 saturated carbocycles. The van der Waals surface area contributed by atoms with Gasteiger partial charge in [0.25, 0.3) is 5.91 Å².